The number of benzene rings is 1. The lowest BCUT2D eigenvalue weighted by Crippen LogP contribution is -2.21. The summed E-state index contributed by atoms with van der Waals surface area (Å²) in [6.45, 7) is 0. The van der Waals surface area contributed by atoms with Gasteiger partial charge in [-0.1, -0.05) is 18.2 Å². The van der Waals surface area contributed by atoms with Crippen LogP contribution in [0.5, 0.6) is 5.75 Å². The SMILES string of the molecule is NC(c1ccncc1F)c1ccccc1OC(F)(F)F. The fraction of sp³-hybridized carbons (Fsp3) is 0.154. The Morgan fingerprint density at radius 1 is 1.10 bits per heavy atom. The van der Waals surface area contributed by atoms with E-state index in [2.05, 4.69) is 9.72 Å². The summed E-state index contributed by atoms with van der Waals surface area (Å²) in [5, 5.41) is 0. The maximum absolute atomic E-state index is 13.6. The molecule has 0 saturated heterocycles. The third-order valence-corrected chi connectivity index (χ3v) is 2.62. The minimum absolute atomic E-state index is 0.0370. The van der Waals surface area contributed by atoms with Crippen molar-refractivity contribution in [3.8, 4) is 5.75 Å². The van der Waals surface area contributed by atoms with Crippen LogP contribution in [0.2, 0.25) is 0 Å². The van der Waals surface area contributed by atoms with Gasteiger partial charge in [-0.15, -0.1) is 13.2 Å². The molecule has 0 bridgehead atoms. The Kier molecular flexibility index (Phi) is 3.89. The number of nitrogens with zero attached hydrogens (tertiary/aromatic N) is 1. The molecule has 1 unspecified atom stereocenters. The normalized spacial score (nSPS) is 13.1. The highest BCUT2D eigenvalue weighted by Gasteiger charge is 2.33. The molecule has 2 rings (SSSR count). The second-order valence-electron chi connectivity index (χ2n) is 3.96. The van der Waals surface area contributed by atoms with Crippen LogP contribution >= 0.6 is 0 Å². The summed E-state index contributed by atoms with van der Waals surface area (Å²) < 4.78 is 54.4. The van der Waals surface area contributed by atoms with Gasteiger partial charge in [-0.3, -0.25) is 4.98 Å². The van der Waals surface area contributed by atoms with Gasteiger partial charge < -0.3 is 10.5 Å². The molecule has 3 nitrogen and oxygen atoms in total. The number of halogens is 4. The van der Waals surface area contributed by atoms with E-state index in [-0.39, 0.29) is 11.1 Å². The zero-order chi connectivity index (χ0) is 14.8. The maximum atomic E-state index is 13.6. The van der Waals surface area contributed by atoms with Gasteiger partial charge in [0.15, 0.2) is 0 Å². The monoisotopic (exact) mass is 286 g/mol. The molecule has 1 aromatic carbocycles. The van der Waals surface area contributed by atoms with Crippen LogP contribution in [0.25, 0.3) is 0 Å². The molecule has 1 heterocycles. The molecule has 0 spiro atoms. The zero-order valence-electron chi connectivity index (χ0n) is 10.1. The van der Waals surface area contributed by atoms with Crippen molar-refractivity contribution >= 4 is 0 Å². The quantitative estimate of drug-likeness (QED) is 0.882. The lowest BCUT2D eigenvalue weighted by Gasteiger charge is -2.18. The van der Waals surface area contributed by atoms with E-state index in [1.54, 1.807) is 0 Å². The van der Waals surface area contributed by atoms with Gasteiger partial charge in [-0.25, -0.2) is 4.39 Å². The Morgan fingerprint density at radius 3 is 2.45 bits per heavy atom. The van der Waals surface area contributed by atoms with E-state index < -0.39 is 24.0 Å². The first-order chi connectivity index (χ1) is 9.38. The standard InChI is InChI=1S/C13H10F4N2O/c14-10-7-19-6-5-8(10)12(18)9-3-1-2-4-11(9)20-13(15,16)17/h1-7,12H,18H2. The van der Waals surface area contributed by atoms with Crippen molar-refractivity contribution in [2.75, 3.05) is 0 Å². The van der Waals surface area contributed by atoms with E-state index in [4.69, 9.17) is 5.73 Å². The average molecular weight is 286 g/mol. The molecular formula is C13H10F4N2O. The van der Waals surface area contributed by atoms with Crippen LogP contribution in [0.1, 0.15) is 17.2 Å². The molecule has 2 aromatic rings. The Labute approximate surface area is 112 Å². The molecular weight excluding hydrogens is 276 g/mol. The minimum atomic E-state index is -4.84. The number of hydrogen-bond donors (Lipinski definition) is 1. The van der Waals surface area contributed by atoms with Crippen molar-refractivity contribution in [1.29, 1.82) is 0 Å². The molecule has 0 aliphatic rings. The minimum Gasteiger partial charge on any atom is -0.405 e. The largest absolute Gasteiger partial charge is 0.573 e. The first kappa shape index (κ1) is 14.3. The summed E-state index contributed by atoms with van der Waals surface area (Å²) in [5.41, 5.74) is 5.90. The van der Waals surface area contributed by atoms with E-state index in [0.717, 1.165) is 12.3 Å². The van der Waals surface area contributed by atoms with Gasteiger partial charge in [-0.05, 0) is 12.1 Å². The van der Waals surface area contributed by atoms with Crippen LogP contribution in [0.15, 0.2) is 42.7 Å². The van der Waals surface area contributed by atoms with Crippen LogP contribution in [-0.2, 0) is 0 Å². The van der Waals surface area contributed by atoms with Gasteiger partial charge in [0, 0.05) is 17.3 Å². The molecule has 7 heteroatoms. The number of alkyl halides is 3. The van der Waals surface area contributed by atoms with Crippen LogP contribution in [0, 0.1) is 5.82 Å². The first-order valence-electron chi connectivity index (χ1n) is 5.58. The predicted octanol–water partition coefficient (Wildman–Crippen LogP) is 3.17. The predicted molar refractivity (Wildman–Crippen MR) is 63.4 cm³/mol. The molecule has 0 saturated carbocycles. The second-order valence-corrected chi connectivity index (χ2v) is 3.96. The summed E-state index contributed by atoms with van der Waals surface area (Å²) >= 11 is 0. The van der Waals surface area contributed by atoms with Gasteiger partial charge in [0.25, 0.3) is 0 Å². The maximum Gasteiger partial charge on any atom is 0.573 e. The van der Waals surface area contributed by atoms with Crippen LogP contribution in [0.3, 0.4) is 0 Å². The Balaban J connectivity index is 2.40. The molecule has 2 N–H and O–H groups in total. The third kappa shape index (κ3) is 3.24. The van der Waals surface area contributed by atoms with Crippen molar-refractivity contribution < 1.29 is 22.3 Å². The van der Waals surface area contributed by atoms with E-state index in [9.17, 15) is 17.6 Å². The number of para-hydroxylation sites is 1. The number of pyridine rings is 1. The number of nitrogens with two attached hydrogens (primary N) is 1. The molecule has 0 aliphatic heterocycles. The van der Waals surface area contributed by atoms with Crippen molar-refractivity contribution in [2.24, 2.45) is 5.73 Å². The molecule has 20 heavy (non-hydrogen) atoms. The highest BCUT2D eigenvalue weighted by molar-refractivity contribution is 5.41. The summed E-state index contributed by atoms with van der Waals surface area (Å²) in [6, 6.07) is 5.58. The number of ether oxygens (including phenoxy) is 1. The Morgan fingerprint density at radius 2 is 1.80 bits per heavy atom. The molecule has 0 amide bonds. The van der Waals surface area contributed by atoms with Gasteiger partial charge in [-0.2, -0.15) is 0 Å². The van der Waals surface area contributed by atoms with E-state index in [1.807, 2.05) is 0 Å². The van der Waals surface area contributed by atoms with Crippen molar-refractivity contribution in [1.82, 2.24) is 4.98 Å². The Bertz CT molecular complexity index is 601. The van der Waals surface area contributed by atoms with Crippen LogP contribution in [-0.4, -0.2) is 11.3 Å². The topological polar surface area (TPSA) is 48.1 Å². The Hall–Kier alpha value is -2.15. The highest BCUT2D eigenvalue weighted by Crippen LogP contribution is 2.32. The number of aromatic nitrogens is 1. The fourth-order valence-electron chi connectivity index (χ4n) is 1.76. The van der Waals surface area contributed by atoms with Gasteiger partial charge in [0.2, 0.25) is 0 Å². The second kappa shape index (κ2) is 5.46. The van der Waals surface area contributed by atoms with E-state index in [0.29, 0.717) is 0 Å². The number of rotatable bonds is 3. The van der Waals surface area contributed by atoms with Gasteiger partial charge in [0.05, 0.1) is 12.2 Å². The van der Waals surface area contributed by atoms with Crippen LogP contribution in [0.4, 0.5) is 17.6 Å². The van der Waals surface area contributed by atoms with Gasteiger partial charge in [0.1, 0.15) is 11.6 Å². The zero-order valence-corrected chi connectivity index (χ0v) is 10.1. The van der Waals surface area contributed by atoms with Crippen molar-refractivity contribution in [3.05, 3.63) is 59.7 Å². The van der Waals surface area contributed by atoms with Crippen LogP contribution < -0.4 is 10.5 Å². The number of hydrogen-bond acceptors (Lipinski definition) is 3. The lowest BCUT2D eigenvalue weighted by atomic mass is 9.99. The summed E-state index contributed by atoms with van der Waals surface area (Å²) in [6.07, 6.45) is -2.58. The van der Waals surface area contributed by atoms with E-state index in [1.165, 1.54) is 30.5 Å². The summed E-state index contributed by atoms with van der Waals surface area (Å²) in [4.78, 5) is 3.56. The van der Waals surface area contributed by atoms with Crippen molar-refractivity contribution in [3.63, 3.8) is 0 Å². The fourth-order valence-corrected chi connectivity index (χ4v) is 1.76. The lowest BCUT2D eigenvalue weighted by molar-refractivity contribution is -0.274. The molecule has 0 radical (unpaired) electrons. The highest BCUT2D eigenvalue weighted by atomic mass is 19.4. The van der Waals surface area contributed by atoms with Crippen molar-refractivity contribution in [2.45, 2.75) is 12.4 Å². The molecule has 0 fully saturated rings. The summed E-state index contributed by atoms with van der Waals surface area (Å²) in [7, 11) is 0. The van der Waals surface area contributed by atoms with E-state index >= 15 is 0 Å². The molecule has 106 valence electrons. The summed E-state index contributed by atoms with van der Waals surface area (Å²) in [5.74, 6) is -1.15. The van der Waals surface area contributed by atoms with Gasteiger partial charge >= 0.3 is 6.36 Å². The molecule has 1 aromatic heterocycles. The molecule has 1 atom stereocenters. The molecule has 0 aliphatic carbocycles. The smallest absolute Gasteiger partial charge is 0.405 e. The third-order valence-electron chi connectivity index (χ3n) is 2.62. The average Bonchev–Trinajstić information content (AvgIpc) is 2.37. The first-order valence-corrected chi connectivity index (χ1v) is 5.58.